The summed E-state index contributed by atoms with van der Waals surface area (Å²) in [4.78, 5) is 50.2. The van der Waals surface area contributed by atoms with Gasteiger partial charge in [-0.25, -0.2) is 14.6 Å². The number of anilines is 2. The summed E-state index contributed by atoms with van der Waals surface area (Å²) in [6.07, 6.45) is 0. The van der Waals surface area contributed by atoms with Crippen LogP contribution in [0.25, 0.3) is 0 Å². The minimum absolute atomic E-state index is 0.000205. The molecule has 0 bridgehead atoms. The summed E-state index contributed by atoms with van der Waals surface area (Å²) >= 11 is 12.9. The van der Waals surface area contributed by atoms with Crippen molar-refractivity contribution in [3.05, 3.63) is 44.9 Å². The number of methoxy groups -OCH3 is 1. The number of thiophene rings is 1. The van der Waals surface area contributed by atoms with Crippen LogP contribution in [0, 0.1) is 0 Å². The Morgan fingerprint density at radius 1 is 1.07 bits per heavy atom. The quantitative estimate of drug-likeness (QED) is 0.480. The molecule has 0 aliphatic rings. The maximum atomic E-state index is 12.5. The summed E-state index contributed by atoms with van der Waals surface area (Å²) in [6.45, 7) is 3.07. The van der Waals surface area contributed by atoms with Crippen LogP contribution in [0.5, 0.6) is 0 Å². The number of rotatable bonds is 5. The van der Waals surface area contributed by atoms with E-state index in [9.17, 15) is 19.2 Å². The van der Waals surface area contributed by atoms with Gasteiger partial charge >= 0.3 is 12.0 Å². The zero-order valence-corrected chi connectivity index (χ0v) is 16.5. The van der Waals surface area contributed by atoms with E-state index in [1.165, 1.54) is 25.3 Å². The zero-order chi connectivity index (χ0) is 21.0. The number of nitrogens with two attached hydrogens (primary N) is 1. The maximum Gasteiger partial charge on any atom is 0.345 e. The summed E-state index contributed by atoms with van der Waals surface area (Å²) in [5, 5.41) is 5.04. The van der Waals surface area contributed by atoms with E-state index in [0.29, 0.717) is 0 Å². The number of nitrogens with one attached hydrogen (secondary N) is 2. The Kier molecular flexibility index (Phi) is 6.73. The van der Waals surface area contributed by atoms with Gasteiger partial charge < -0.3 is 15.8 Å². The topological polar surface area (TPSA) is 140 Å². The first-order chi connectivity index (χ1) is 13.2. The highest BCUT2D eigenvalue weighted by Gasteiger charge is 2.21. The molecule has 4 amide bonds. The average molecular weight is 443 g/mol. The van der Waals surface area contributed by atoms with Crippen LogP contribution in [-0.4, -0.2) is 37.6 Å². The Hall–Kier alpha value is -2.95. The van der Waals surface area contributed by atoms with Crippen molar-refractivity contribution in [3.63, 3.8) is 0 Å². The minimum Gasteiger partial charge on any atom is -0.465 e. The standard InChI is InChI=1S/C16H12Cl2N4O5S/c1-20-16(26)22-14-8(12(19)23)5-11(28-14)21-13(24)6-3-10(18)7(4-9(6)17)15(25)27-2/h3-5H,1H2,2H3,(H2,19,23)(H,21,24)(H,22,26). The second-order valence-corrected chi connectivity index (χ2v) is 6.93. The summed E-state index contributed by atoms with van der Waals surface area (Å²) in [5.41, 5.74) is 5.22. The molecule has 0 atom stereocenters. The van der Waals surface area contributed by atoms with Gasteiger partial charge in [-0.3, -0.25) is 14.9 Å². The van der Waals surface area contributed by atoms with Gasteiger partial charge in [0.1, 0.15) is 5.00 Å². The van der Waals surface area contributed by atoms with Gasteiger partial charge in [-0.05, 0) is 24.9 Å². The molecule has 0 unspecified atom stereocenters. The third-order valence-corrected chi connectivity index (χ3v) is 4.90. The molecule has 1 aromatic heterocycles. The van der Waals surface area contributed by atoms with Gasteiger partial charge in [-0.1, -0.05) is 34.5 Å². The van der Waals surface area contributed by atoms with Crippen molar-refractivity contribution in [2.24, 2.45) is 10.7 Å². The number of amides is 4. The first kappa shape index (κ1) is 21.4. The molecule has 0 saturated carbocycles. The molecule has 1 heterocycles. The van der Waals surface area contributed by atoms with Crippen molar-refractivity contribution in [1.29, 1.82) is 0 Å². The first-order valence-electron chi connectivity index (χ1n) is 7.28. The highest BCUT2D eigenvalue weighted by atomic mass is 35.5. The van der Waals surface area contributed by atoms with Gasteiger partial charge in [-0.2, -0.15) is 0 Å². The number of primary amides is 1. The Morgan fingerprint density at radius 2 is 1.68 bits per heavy atom. The number of ether oxygens (including phenoxy) is 1. The van der Waals surface area contributed by atoms with Crippen LogP contribution in [0.15, 0.2) is 23.2 Å². The molecule has 2 rings (SSSR count). The number of hydrogen-bond acceptors (Lipinski definition) is 6. The molecular weight excluding hydrogens is 431 g/mol. The Bertz CT molecular complexity index is 1010. The van der Waals surface area contributed by atoms with E-state index in [1.54, 1.807) is 0 Å². The summed E-state index contributed by atoms with van der Waals surface area (Å²) in [6, 6.07) is 2.89. The predicted molar refractivity (Wildman–Crippen MR) is 107 cm³/mol. The van der Waals surface area contributed by atoms with Crippen molar-refractivity contribution in [1.82, 2.24) is 0 Å². The lowest BCUT2D eigenvalue weighted by Crippen LogP contribution is -2.14. The third kappa shape index (κ3) is 4.66. The van der Waals surface area contributed by atoms with Crippen LogP contribution < -0.4 is 16.4 Å². The van der Waals surface area contributed by atoms with Gasteiger partial charge in [-0.15, -0.1) is 0 Å². The Balaban J connectivity index is 2.32. The number of esters is 1. The fourth-order valence-electron chi connectivity index (χ4n) is 2.03. The van der Waals surface area contributed by atoms with E-state index in [2.05, 4.69) is 27.1 Å². The van der Waals surface area contributed by atoms with E-state index < -0.39 is 23.8 Å². The van der Waals surface area contributed by atoms with Crippen LogP contribution in [0.3, 0.4) is 0 Å². The van der Waals surface area contributed by atoms with E-state index >= 15 is 0 Å². The molecule has 146 valence electrons. The first-order valence-corrected chi connectivity index (χ1v) is 8.85. The van der Waals surface area contributed by atoms with Crippen LogP contribution in [0.1, 0.15) is 31.1 Å². The van der Waals surface area contributed by atoms with Crippen LogP contribution in [-0.2, 0) is 4.74 Å². The lowest BCUT2D eigenvalue weighted by atomic mass is 10.1. The summed E-state index contributed by atoms with van der Waals surface area (Å²) < 4.78 is 4.58. The Labute approximate surface area is 172 Å². The van der Waals surface area contributed by atoms with Crippen molar-refractivity contribution in [3.8, 4) is 0 Å². The molecule has 0 spiro atoms. The van der Waals surface area contributed by atoms with E-state index in [1.807, 2.05) is 0 Å². The maximum absolute atomic E-state index is 12.5. The smallest absolute Gasteiger partial charge is 0.345 e. The molecule has 2 aromatic rings. The molecule has 0 aliphatic carbocycles. The molecule has 0 saturated heterocycles. The molecule has 0 aliphatic heterocycles. The number of aliphatic imine (C=N–C) groups is 1. The fourth-order valence-corrected chi connectivity index (χ4v) is 3.47. The lowest BCUT2D eigenvalue weighted by Gasteiger charge is -2.08. The molecule has 9 nitrogen and oxygen atoms in total. The molecule has 12 heteroatoms. The van der Waals surface area contributed by atoms with Gasteiger partial charge in [0, 0.05) is 0 Å². The lowest BCUT2D eigenvalue weighted by molar-refractivity contribution is 0.0600. The molecule has 4 N–H and O–H groups in total. The highest BCUT2D eigenvalue weighted by Crippen LogP contribution is 2.33. The van der Waals surface area contributed by atoms with E-state index in [0.717, 1.165) is 11.3 Å². The Morgan fingerprint density at radius 3 is 2.25 bits per heavy atom. The molecular formula is C16H12Cl2N4O5S. The van der Waals surface area contributed by atoms with Crippen LogP contribution >= 0.6 is 34.5 Å². The molecule has 28 heavy (non-hydrogen) atoms. The van der Waals surface area contributed by atoms with Crippen LogP contribution in [0.2, 0.25) is 10.0 Å². The normalized spacial score (nSPS) is 10.1. The van der Waals surface area contributed by atoms with Gasteiger partial charge in [0.25, 0.3) is 11.8 Å². The molecule has 1 aromatic carbocycles. The van der Waals surface area contributed by atoms with Crippen molar-refractivity contribution in [2.75, 3.05) is 17.7 Å². The average Bonchev–Trinajstić information content (AvgIpc) is 3.04. The van der Waals surface area contributed by atoms with E-state index in [4.69, 9.17) is 28.9 Å². The zero-order valence-electron chi connectivity index (χ0n) is 14.2. The largest absolute Gasteiger partial charge is 0.465 e. The van der Waals surface area contributed by atoms with Crippen molar-refractivity contribution < 1.29 is 23.9 Å². The monoisotopic (exact) mass is 442 g/mol. The molecule has 0 fully saturated rings. The second kappa shape index (κ2) is 8.83. The number of halogens is 2. The fraction of sp³-hybridized carbons (Fsp3) is 0.0625. The SMILES string of the molecule is C=NC(=O)Nc1sc(NC(=O)c2cc(Cl)c(C(=O)OC)cc2Cl)cc1C(N)=O. The van der Waals surface area contributed by atoms with E-state index in [-0.39, 0.29) is 36.7 Å². The summed E-state index contributed by atoms with van der Waals surface area (Å²) in [7, 11) is 1.18. The van der Waals surface area contributed by atoms with Crippen LogP contribution in [0.4, 0.5) is 14.8 Å². The number of nitrogens with zero attached hydrogens (tertiary/aromatic N) is 1. The molecule has 0 radical (unpaired) electrons. The number of hydrogen-bond donors (Lipinski definition) is 3. The van der Waals surface area contributed by atoms with Crippen molar-refractivity contribution >= 4 is 75.1 Å². The minimum atomic E-state index is -0.820. The number of benzene rings is 1. The van der Waals surface area contributed by atoms with Crippen molar-refractivity contribution in [2.45, 2.75) is 0 Å². The van der Waals surface area contributed by atoms with Gasteiger partial charge in [0.2, 0.25) is 0 Å². The number of urea groups is 1. The van der Waals surface area contributed by atoms with Gasteiger partial charge in [0.05, 0.1) is 38.8 Å². The number of carbonyl (C=O) groups is 4. The second-order valence-electron chi connectivity index (χ2n) is 5.06. The number of carbonyl (C=O) groups excluding carboxylic acids is 4. The van der Waals surface area contributed by atoms with Gasteiger partial charge in [0.15, 0.2) is 0 Å². The summed E-state index contributed by atoms with van der Waals surface area (Å²) in [5.74, 6) is -2.20. The predicted octanol–water partition coefficient (Wildman–Crippen LogP) is 3.43. The third-order valence-electron chi connectivity index (χ3n) is 3.30. The highest BCUT2D eigenvalue weighted by molar-refractivity contribution is 7.20.